The van der Waals surface area contributed by atoms with Gasteiger partial charge in [-0.15, -0.1) is 0 Å². The van der Waals surface area contributed by atoms with Crippen LogP contribution in [0.5, 0.6) is 11.5 Å². The molecule has 0 heterocycles. The van der Waals surface area contributed by atoms with Crippen molar-refractivity contribution in [2.45, 2.75) is 6.61 Å². The molecule has 2 aromatic rings. The fraction of sp³-hybridized carbons (Fsp3) is 0.0769. The van der Waals surface area contributed by atoms with E-state index in [1.54, 1.807) is 12.1 Å². The van der Waals surface area contributed by atoms with Crippen molar-refractivity contribution >= 4 is 0 Å². The highest BCUT2D eigenvalue weighted by Gasteiger charge is 1.95. The maximum Gasteiger partial charge on any atom is 0.128 e. The van der Waals surface area contributed by atoms with Gasteiger partial charge in [-0.2, -0.15) is 0 Å². The Morgan fingerprint density at radius 1 is 1.07 bits per heavy atom. The number of benzene rings is 2. The molecule has 15 heavy (non-hydrogen) atoms. The zero-order valence-corrected chi connectivity index (χ0v) is 8.18. The molecule has 2 nitrogen and oxygen atoms in total. The van der Waals surface area contributed by atoms with Crippen LogP contribution in [0.3, 0.4) is 0 Å². The van der Waals surface area contributed by atoms with Gasteiger partial charge in [-0.3, -0.25) is 0 Å². The van der Waals surface area contributed by atoms with Gasteiger partial charge in [0.1, 0.15) is 18.1 Å². The Morgan fingerprint density at radius 2 is 1.87 bits per heavy atom. The highest BCUT2D eigenvalue weighted by molar-refractivity contribution is 5.29. The smallest absolute Gasteiger partial charge is 0.128 e. The summed E-state index contributed by atoms with van der Waals surface area (Å²) >= 11 is 0. The second-order valence-electron chi connectivity index (χ2n) is 3.19. The number of phenolic OH excluding ortho intramolecular Hbond substituents is 1. The summed E-state index contributed by atoms with van der Waals surface area (Å²) in [5.74, 6) is 0.832. The molecule has 0 atom stereocenters. The van der Waals surface area contributed by atoms with Crippen LogP contribution in [-0.2, 0) is 6.61 Å². The summed E-state index contributed by atoms with van der Waals surface area (Å²) in [5.41, 5.74) is 1.11. The van der Waals surface area contributed by atoms with E-state index in [0.717, 1.165) is 5.56 Å². The third-order valence-corrected chi connectivity index (χ3v) is 2.00. The van der Waals surface area contributed by atoms with Gasteiger partial charge in [-0.05, 0) is 23.8 Å². The summed E-state index contributed by atoms with van der Waals surface area (Å²) in [4.78, 5) is 0. The molecule has 0 aliphatic carbocycles. The molecule has 0 aliphatic heterocycles. The van der Waals surface area contributed by atoms with E-state index in [9.17, 15) is 0 Å². The molecule has 0 spiro atoms. The molecule has 0 amide bonds. The van der Waals surface area contributed by atoms with Crippen LogP contribution >= 0.6 is 0 Å². The fourth-order valence-electron chi connectivity index (χ4n) is 1.23. The highest BCUT2D eigenvalue weighted by atomic mass is 16.5. The fourth-order valence-corrected chi connectivity index (χ4v) is 1.23. The molecule has 0 aliphatic rings. The molecule has 0 aromatic heterocycles. The Kier molecular flexibility index (Phi) is 2.88. The number of phenols is 1. The van der Waals surface area contributed by atoms with Crippen LogP contribution in [0, 0.1) is 6.07 Å². The molecule has 0 bridgehead atoms. The van der Waals surface area contributed by atoms with Crippen molar-refractivity contribution in [3.63, 3.8) is 0 Å². The van der Waals surface area contributed by atoms with Gasteiger partial charge in [0.25, 0.3) is 0 Å². The maximum atomic E-state index is 9.06. The summed E-state index contributed by atoms with van der Waals surface area (Å²) in [7, 11) is 0. The van der Waals surface area contributed by atoms with E-state index in [2.05, 4.69) is 6.07 Å². The van der Waals surface area contributed by atoms with E-state index in [1.165, 1.54) is 6.07 Å². The number of rotatable bonds is 3. The van der Waals surface area contributed by atoms with Gasteiger partial charge in [0.2, 0.25) is 0 Å². The van der Waals surface area contributed by atoms with E-state index in [1.807, 2.05) is 30.3 Å². The van der Waals surface area contributed by atoms with E-state index in [-0.39, 0.29) is 5.75 Å². The van der Waals surface area contributed by atoms with Gasteiger partial charge in [-0.1, -0.05) is 30.3 Å². The first-order chi connectivity index (χ1) is 7.34. The normalized spacial score (nSPS) is 9.87. The molecule has 1 radical (unpaired) electrons. The van der Waals surface area contributed by atoms with Gasteiger partial charge in [0.05, 0.1) is 0 Å². The Labute approximate surface area is 88.8 Å². The largest absolute Gasteiger partial charge is 0.508 e. The molecule has 2 aromatic carbocycles. The molecule has 0 unspecified atom stereocenters. The zero-order valence-electron chi connectivity index (χ0n) is 8.18. The second kappa shape index (κ2) is 4.51. The van der Waals surface area contributed by atoms with Crippen molar-refractivity contribution in [1.82, 2.24) is 0 Å². The molecule has 0 saturated carbocycles. The minimum absolute atomic E-state index is 0.196. The maximum absolute atomic E-state index is 9.06. The number of aromatic hydroxyl groups is 1. The van der Waals surface area contributed by atoms with Crippen LogP contribution in [0.1, 0.15) is 5.56 Å². The first-order valence-electron chi connectivity index (χ1n) is 4.72. The average molecular weight is 199 g/mol. The molecule has 1 N–H and O–H groups in total. The number of hydrogen-bond donors (Lipinski definition) is 1. The molecular formula is C13H11O2. The Bertz CT molecular complexity index is 406. The van der Waals surface area contributed by atoms with Crippen molar-refractivity contribution in [2.24, 2.45) is 0 Å². The van der Waals surface area contributed by atoms with Gasteiger partial charge in [0, 0.05) is 6.07 Å². The number of ether oxygens (including phenoxy) is 1. The zero-order chi connectivity index (χ0) is 10.5. The van der Waals surface area contributed by atoms with Crippen LogP contribution in [0.2, 0.25) is 0 Å². The average Bonchev–Trinajstić information content (AvgIpc) is 2.30. The Hall–Kier alpha value is -1.96. The first-order valence-corrected chi connectivity index (χ1v) is 4.72. The lowest BCUT2D eigenvalue weighted by Crippen LogP contribution is -1.94. The summed E-state index contributed by atoms with van der Waals surface area (Å²) < 4.78 is 5.48. The van der Waals surface area contributed by atoms with Gasteiger partial charge in [-0.25, -0.2) is 0 Å². The van der Waals surface area contributed by atoms with Crippen LogP contribution < -0.4 is 4.74 Å². The molecule has 2 heteroatoms. The van der Waals surface area contributed by atoms with Crippen LogP contribution in [0.25, 0.3) is 0 Å². The van der Waals surface area contributed by atoms with E-state index in [4.69, 9.17) is 9.84 Å². The summed E-state index contributed by atoms with van der Waals surface area (Å²) in [6.07, 6.45) is 0. The van der Waals surface area contributed by atoms with Gasteiger partial charge >= 0.3 is 0 Å². The second-order valence-corrected chi connectivity index (χ2v) is 3.19. The first kappa shape index (κ1) is 9.59. The van der Waals surface area contributed by atoms with Crippen molar-refractivity contribution in [2.75, 3.05) is 0 Å². The van der Waals surface area contributed by atoms with Gasteiger partial charge in [0.15, 0.2) is 0 Å². The third kappa shape index (κ3) is 2.74. The van der Waals surface area contributed by atoms with E-state index in [0.29, 0.717) is 12.4 Å². The van der Waals surface area contributed by atoms with Crippen LogP contribution in [0.15, 0.2) is 48.5 Å². The molecule has 75 valence electrons. The highest BCUT2D eigenvalue weighted by Crippen LogP contribution is 2.16. The quantitative estimate of drug-likeness (QED) is 0.823. The van der Waals surface area contributed by atoms with E-state index < -0.39 is 0 Å². The molecule has 0 fully saturated rings. The standard InChI is InChI=1S/C13H11O2/c14-12-6-8-13(9-7-12)15-10-11-4-2-1-3-5-11/h1-8,14H,10H2. The van der Waals surface area contributed by atoms with Crippen molar-refractivity contribution < 1.29 is 9.84 Å². The van der Waals surface area contributed by atoms with Crippen LogP contribution in [-0.4, -0.2) is 5.11 Å². The summed E-state index contributed by atoms with van der Waals surface area (Å²) in [6, 6.07) is 17.5. The van der Waals surface area contributed by atoms with E-state index >= 15 is 0 Å². The molecular weight excluding hydrogens is 188 g/mol. The lowest BCUT2D eigenvalue weighted by atomic mass is 10.2. The SMILES string of the molecule is Oc1c[c]c(OCc2ccccc2)cc1. The topological polar surface area (TPSA) is 29.5 Å². The lowest BCUT2D eigenvalue weighted by molar-refractivity contribution is 0.305. The monoisotopic (exact) mass is 199 g/mol. The van der Waals surface area contributed by atoms with Crippen molar-refractivity contribution in [1.29, 1.82) is 0 Å². The Balaban J connectivity index is 1.96. The lowest BCUT2D eigenvalue weighted by Gasteiger charge is -2.05. The third-order valence-electron chi connectivity index (χ3n) is 2.00. The van der Waals surface area contributed by atoms with Crippen molar-refractivity contribution in [3.05, 3.63) is 60.2 Å². The minimum Gasteiger partial charge on any atom is -0.508 e. The Morgan fingerprint density at radius 3 is 2.53 bits per heavy atom. The van der Waals surface area contributed by atoms with Crippen LogP contribution in [0.4, 0.5) is 0 Å². The number of hydrogen-bond acceptors (Lipinski definition) is 2. The predicted molar refractivity (Wildman–Crippen MR) is 57.7 cm³/mol. The minimum atomic E-state index is 0.196. The summed E-state index contributed by atoms with van der Waals surface area (Å²) in [5, 5.41) is 9.06. The molecule has 2 rings (SSSR count). The predicted octanol–water partition coefficient (Wildman–Crippen LogP) is 2.77. The van der Waals surface area contributed by atoms with Gasteiger partial charge < -0.3 is 9.84 Å². The molecule has 0 saturated heterocycles. The summed E-state index contributed by atoms with van der Waals surface area (Å²) in [6.45, 7) is 0.516. The van der Waals surface area contributed by atoms with Crippen molar-refractivity contribution in [3.8, 4) is 11.5 Å².